The third kappa shape index (κ3) is 4.21. The molecule has 3 aromatic heterocycles. The van der Waals surface area contributed by atoms with Crippen LogP contribution < -0.4 is 11.1 Å². The van der Waals surface area contributed by atoms with Gasteiger partial charge in [-0.15, -0.1) is 0 Å². The average Bonchev–Trinajstić information content (AvgIpc) is 3.23. The summed E-state index contributed by atoms with van der Waals surface area (Å²) < 4.78 is 5.37. The molecule has 144 valence electrons. The van der Waals surface area contributed by atoms with E-state index >= 15 is 0 Å². The number of nitrogens with zero attached hydrogens (tertiary/aromatic N) is 4. The number of hydrogen-bond donors (Lipinski definition) is 2. The van der Waals surface area contributed by atoms with Crippen molar-refractivity contribution in [1.29, 1.82) is 10.5 Å². The fourth-order valence-corrected chi connectivity index (χ4v) is 3.46. The monoisotopic (exact) mass is 404 g/mol. The number of thioether (sulfide) groups is 1. The normalized spacial score (nSPS) is 11.3. The van der Waals surface area contributed by atoms with Crippen molar-refractivity contribution in [3.05, 3.63) is 53.4 Å². The Balaban J connectivity index is 1.92. The van der Waals surface area contributed by atoms with Gasteiger partial charge in [-0.25, -0.2) is 9.97 Å². The summed E-state index contributed by atoms with van der Waals surface area (Å²) in [4.78, 5) is 20.9. The molecule has 3 heterocycles. The number of nitrogen functional groups attached to an aromatic ring is 1. The molecule has 3 aromatic rings. The van der Waals surface area contributed by atoms with Crippen LogP contribution in [0.4, 0.5) is 11.6 Å². The van der Waals surface area contributed by atoms with Crippen LogP contribution in [0.15, 0.2) is 46.2 Å². The number of rotatable bonds is 5. The molecule has 0 spiro atoms. The number of carbonyl (C=O) groups is 1. The van der Waals surface area contributed by atoms with Crippen molar-refractivity contribution in [2.75, 3.05) is 11.1 Å². The number of furan rings is 1. The fraction of sp³-hybridized carbons (Fsp3) is 0.150. The molecule has 1 atom stereocenters. The molecule has 3 rings (SSSR count). The minimum Gasteiger partial charge on any atom is -0.464 e. The first kappa shape index (κ1) is 19.9. The van der Waals surface area contributed by atoms with Crippen molar-refractivity contribution >= 4 is 29.3 Å². The second-order valence-electron chi connectivity index (χ2n) is 6.10. The summed E-state index contributed by atoms with van der Waals surface area (Å²) in [7, 11) is 0. The summed E-state index contributed by atoms with van der Waals surface area (Å²) in [5.41, 5.74) is 7.37. The summed E-state index contributed by atoms with van der Waals surface area (Å²) >= 11 is 1.07. The molecule has 1 amide bonds. The smallest absolute Gasteiger partial charge is 0.238 e. The van der Waals surface area contributed by atoms with Crippen LogP contribution >= 0.6 is 11.8 Å². The third-order valence-electron chi connectivity index (χ3n) is 4.00. The van der Waals surface area contributed by atoms with Crippen LogP contribution in [-0.2, 0) is 4.79 Å². The summed E-state index contributed by atoms with van der Waals surface area (Å²) in [6.07, 6.45) is 3.09. The van der Waals surface area contributed by atoms with Gasteiger partial charge in [0.1, 0.15) is 40.1 Å². The highest BCUT2D eigenvalue weighted by atomic mass is 32.2. The topological polar surface area (TPSA) is 142 Å². The zero-order valence-electron chi connectivity index (χ0n) is 15.6. The minimum absolute atomic E-state index is 0.0341. The molecule has 0 saturated heterocycles. The highest BCUT2D eigenvalue weighted by Crippen LogP contribution is 2.37. The van der Waals surface area contributed by atoms with E-state index in [-0.39, 0.29) is 33.4 Å². The van der Waals surface area contributed by atoms with Crippen molar-refractivity contribution in [1.82, 2.24) is 9.97 Å². The predicted octanol–water partition coefficient (Wildman–Crippen LogP) is 3.49. The van der Waals surface area contributed by atoms with E-state index < -0.39 is 5.25 Å². The van der Waals surface area contributed by atoms with E-state index in [0.717, 1.165) is 17.3 Å². The largest absolute Gasteiger partial charge is 0.464 e. The lowest BCUT2D eigenvalue weighted by atomic mass is 10.0. The van der Waals surface area contributed by atoms with Crippen LogP contribution in [0.25, 0.3) is 11.3 Å². The number of aryl methyl sites for hydroxylation is 1. The van der Waals surface area contributed by atoms with Crippen LogP contribution in [-0.4, -0.2) is 21.1 Å². The Bertz CT molecular complexity index is 1130. The van der Waals surface area contributed by atoms with Crippen molar-refractivity contribution in [3.63, 3.8) is 0 Å². The molecule has 0 aromatic carbocycles. The molecule has 0 saturated carbocycles. The summed E-state index contributed by atoms with van der Waals surface area (Å²) in [5.74, 6) is 0.417. The molecular formula is C20H16N6O2S. The van der Waals surface area contributed by atoms with E-state index in [9.17, 15) is 15.3 Å². The van der Waals surface area contributed by atoms with Crippen LogP contribution in [0.2, 0.25) is 0 Å². The van der Waals surface area contributed by atoms with Gasteiger partial charge in [0.15, 0.2) is 0 Å². The average molecular weight is 404 g/mol. The number of pyridine rings is 2. The first-order valence-electron chi connectivity index (χ1n) is 8.52. The van der Waals surface area contributed by atoms with E-state index in [1.807, 2.05) is 19.1 Å². The van der Waals surface area contributed by atoms with Crippen molar-refractivity contribution in [2.24, 2.45) is 0 Å². The van der Waals surface area contributed by atoms with Gasteiger partial charge in [-0.2, -0.15) is 10.5 Å². The molecule has 0 aliphatic heterocycles. The van der Waals surface area contributed by atoms with E-state index in [4.69, 9.17) is 10.2 Å². The Morgan fingerprint density at radius 1 is 1.28 bits per heavy atom. The standard InChI is InChI=1S/C20H16N6O2S/c1-11-5-6-16(24-10-11)25-19(27)12(2)29-20-14(9-22)17(15-4-3-7-28-15)13(8-21)18(23)26-20/h3-7,10,12H,1-2H3,(H2,23,26)(H,24,25,27). The van der Waals surface area contributed by atoms with E-state index in [2.05, 4.69) is 21.4 Å². The van der Waals surface area contributed by atoms with Crippen molar-refractivity contribution < 1.29 is 9.21 Å². The molecule has 3 N–H and O–H groups in total. The molecule has 0 bridgehead atoms. The maximum atomic E-state index is 12.5. The molecular weight excluding hydrogens is 388 g/mol. The van der Waals surface area contributed by atoms with E-state index in [1.54, 1.807) is 31.3 Å². The first-order valence-corrected chi connectivity index (χ1v) is 9.40. The van der Waals surface area contributed by atoms with Crippen LogP contribution in [0, 0.1) is 29.6 Å². The van der Waals surface area contributed by atoms with Gasteiger partial charge in [0.05, 0.1) is 22.6 Å². The lowest BCUT2D eigenvalue weighted by Gasteiger charge is -2.14. The number of anilines is 2. The highest BCUT2D eigenvalue weighted by molar-refractivity contribution is 8.00. The molecule has 1 unspecified atom stereocenters. The second-order valence-corrected chi connectivity index (χ2v) is 7.43. The van der Waals surface area contributed by atoms with Gasteiger partial charge in [-0.3, -0.25) is 4.79 Å². The number of nitrogens with one attached hydrogen (secondary N) is 1. The third-order valence-corrected chi connectivity index (χ3v) is 5.09. The first-order chi connectivity index (χ1) is 13.9. The lowest BCUT2D eigenvalue weighted by Crippen LogP contribution is -2.23. The van der Waals surface area contributed by atoms with Crippen molar-refractivity contribution in [2.45, 2.75) is 24.1 Å². The van der Waals surface area contributed by atoms with Gasteiger partial charge in [-0.05, 0) is 37.6 Å². The molecule has 0 aliphatic carbocycles. The fourth-order valence-electron chi connectivity index (χ4n) is 2.54. The quantitative estimate of drug-likeness (QED) is 0.615. The number of carbonyl (C=O) groups excluding carboxylic acids is 1. The van der Waals surface area contributed by atoms with Crippen LogP contribution in [0.5, 0.6) is 0 Å². The SMILES string of the molecule is Cc1ccc(NC(=O)C(C)Sc2nc(N)c(C#N)c(-c3ccco3)c2C#N)nc1. The number of nitrogens with two attached hydrogens (primary N) is 1. The van der Waals surface area contributed by atoms with Gasteiger partial charge in [0, 0.05) is 6.20 Å². The number of amides is 1. The minimum atomic E-state index is -0.602. The van der Waals surface area contributed by atoms with Gasteiger partial charge >= 0.3 is 0 Å². The van der Waals surface area contributed by atoms with Gasteiger partial charge in [-0.1, -0.05) is 17.8 Å². The summed E-state index contributed by atoms with van der Waals surface area (Å²) in [6, 6.07) is 10.9. The van der Waals surface area contributed by atoms with Crippen LogP contribution in [0.3, 0.4) is 0 Å². The predicted molar refractivity (Wildman–Crippen MR) is 109 cm³/mol. The van der Waals surface area contributed by atoms with Gasteiger partial charge in [0.25, 0.3) is 0 Å². The zero-order chi connectivity index (χ0) is 21.0. The molecule has 8 nitrogen and oxygen atoms in total. The Hall–Kier alpha value is -3.82. The Morgan fingerprint density at radius 2 is 2.03 bits per heavy atom. The van der Waals surface area contributed by atoms with Gasteiger partial charge in [0.2, 0.25) is 5.91 Å². The molecule has 9 heteroatoms. The number of hydrogen-bond acceptors (Lipinski definition) is 8. The molecule has 0 fully saturated rings. The second kappa shape index (κ2) is 8.46. The molecule has 0 radical (unpaired) electrons. The summed E-state index contributed by atoms with van der Waals surface area (Å²) in [5, 5.41) is 21.5. The van der Waals surface area contributed by atoms with Gasteiger partial charge < -0.3 is 15.5 Å². The molecule has 0 aliphatic rings. The summed E-state index contributed by atoms with van der Waals surface area (Å²) in [6.45, 7) is 3.58. The number of nitriles is 2. The van der Waals surface area contributed by atoms with Crippen LogP contribution in [0.1, 0.15) is 23.6 Å². The Morgan fingerprint density at radius 3 is 2.62 bits per heavy atom. The van der Waals surface area contributed by atoms with Crippen molar-refractivity contribution in [3.8, 4) is 23.5 Å². The van der Waals surface area contributed by atoms with E-state index in [0.29, 0.717) is 11.6 Å². The maximum absolute atomic E-state index is 12.5. The highest BCUT2D eigenvalue weighted by Gasteiger charge is 2.25. The Kier molecular flexibility index (Phi) is 5.82. The lowest BCUT2D eigenvalue weighted by molar-refractivity contribution is -0.115. The van der Waals surface area contributed by atoms with E-state index in [1.165, 1.54) is 6.26 Å². The molecule has 29 heavy (non-hydrogen) atoms. The zero-order valence-corrected chi connectivity index (χ0v) is 16.4. The number of aromatic nitrogens is 2. The Labute approximate surface area is 171 Å². The maximum Gasteiger partial charge on any atom is 0.238 e.